The maximum atomic E-state index is 12.6. The molecule has 1 N–H and O–H groups in total. The summed E-state index contributed by atoms with van der Waals surface area (Å²) < 4.78 is 0. The monoisotopic (exact) mass is 337 g/mol. The molecule has 0 radical (unpaired) electrons. The predicted molar refractivity (Wildman–Crippen MR) is 92.5 cm³/mol. The molecule has 1 rings (SSSR count). The minimum absolute atomic E-state index is 0.0154. The molecule has 0 heterocycles. The Morgan fingerprint density at radius 2 is 1.74 bits per heavy atom. The molecule has 126 valence electrons. The number of carboxylic acid groups (broad SMARTS) is 1. The van der Waals surface area contributed by atoms with E-state index >= 15 is 0 Å². The molecule has 1 unspecified atom stereocenters. The van der Waals surface area contributed by atoms with Crippen molar-refractivity contribution in [3.8, 4) is 0 Å². The summed E-state index contributed by atoms with van der Waals surface area (Å²) in [5, 5.41) is 9.06. The first-order valence-electron chi connectivity index (χ1n) is 7.38. The molecular formula is C17H23NO4S. The third-order valence-electron chi connectivity index (χ3n) is 3.13. The molecule has 1 atom stereocenters. The van der Waals surface area contributed by atoms with Crippen LogP contribution in [0, 0.1) is 11.3 Å². The van der Waals surface area contributed by atoms with E-state index in [1.165, 1.54) is 4.90 Å². The summed E-state index contributed by atoms with van der Waals surface area (Å²) in [5.41, 5.74) is 0.0760. The number of amides is 1. The van der Waals surface area contributed by atoms with Crippen LogP contribution in [0.5, 0.6) is 0 Å². The van der Waals surface area contributed by atoms with Gasteiger partial charge in [-0.15, -0.1) is 0 Å². The quantitative estimate of drug-likeness (QED) is 0.863. The van der Waals surface area contributed by atoms with E-state index in [9.17, 15) is 14.4 Å². The molecule has 0 fully saturated rings. The Kier molecular flexibility index (Phi) is 6.81. The number of rotatable bonds is 6. The first kappa shape index (κ1) is 19.2. The first-order valence-corrected chi connectivity index (χ1v) is 8.37. The smallest absolute Gasteiger partial charge is 0.323 e. The molecule has 1 aromatic carbocycles. The van der Waals surface area contributed by atoms with E-state index in [4.69, 9.17) is 5.11 Å². The van der Waals surface area contributed by atoms with Crippen LogP contribution in [-0.2, 0) is 14.4 Å². The van der Waals surface area contributed by atoms with Crippen LogP contribution in [-0.4, -0.2) is 34.4 Å². The Balaban J connectivity index is 2.80. The molecule has 0 bridgehead atoms. The molecule has 0 aliphatic rings. The summed E-state index contributed by atoms with van der Waals surface area (Å²) in [5.74, 6) is -1.50. The fourth-order valence-corrected chi connectivity index (χ4v) is 2.77. The molecule has 0 aromatic heterocycles. The molecule has 1 aromatic rings. The normalized spacial score (nSPS) is 12.5. The second-order valence-corrected chi connectivity index (χ2v) is 7.40. The predicted octanol–water partition coefficient (Wildman–Crippen LogP) is 3.05. The highest BCUT2D eigenvalue weighted by Gasteiger charge is 2.27. The highest BCUT2D eigenvalue weighted by Crippen LogP contribution is 2.25. The fourth-order valence-electron chi connectivity index (χ4n) is 1.79. The van der Waals surface area contributed by atoms with Crippen molar-refractivity contribution in [2.75, 3.05) is 17.2 Å². The van der Waals surface area contributed by atoms with Gasteiger partial charge in [-0.2, -0.15) is 0 Å². The zero-order valence-electron chi connectivity index (χ0n) is 13.9. The number of anilines is 1. The summed E-state index contributed by atoms with van der Waals surface area (Å²) in [6, 6.07) is 8.69. The Hall–Kier alpha value is -1.82. The van der Waals surface area contributed by atoms with Crippen LogP contribution in [0.3, 0.4) is 0 Å². The van der Waals surface area contributed by atoms with Crippen LogP contribution in [0.1, 0.15) is 27.7 Å². The van der Waals surface area contributed by atoms with Gasteiger partial charge >= 0.3 is 5.97 Å². The molecule has 0 aliphatic heterocycles. The number of hydrogen-bond donors (Lipinski definition) is 1. The molecule has 0 saturated heterocycles. The molecule has 0 saturated carbocycles. The zero-order valence-corrected chi connectivity index (χ0v) is 14.7. The van der Waals surface area contributed by atoms with Gasteiger partial charge in [-0.05, 0) is 12.1 Å². The number of para-hydroxylation sites is 1. The van der Waals surface area contributed by atoms with Crippen LogP contribution in [0.15, 0.2) is 30.3 Å². The van der Waals surface area contributed by atoms with Crippen molar-refractivity contribution in [2.45, 2.75) is 27.7 Å². The van der Waals surface area contributed by atoms with E-state index in [0.29, 0.717) is 11.4 Å². The summed E-state index contributed by atoms with van der Waals surface area (Å²) >= 11 is 1.12. The third-order valence-corrected chi connectivity index (χ3v) is 4.67. The van der Waals surface area contributed by atoms with E-state index in [1.54, 1.807) is 37.3 Å². The minimum atomic E-state index is -1.08. The van der Waals surface area contributed by atoms with Gasteiger partial charge in [0.25, 0.3) is 0 Å². The van der Waals surface area contributed by atoms with Crippen molar-refractivity contribution < 1.29 is 19.5 Å². The number of carbonyl (C=O) groups is 3. The molecular weight excluding hydrogens is 314 g/mol. The van der Waals surface area contributed by atoms with E-state index in [1.807, 2.05) is 20.8 Å². The van der Waals surface area contributed by atoms with E-state index < -0.39 is 23.8 Å². The van der Waals surface area contributed by atoms with Gasteiger partial charge in [0.2, 0.25) is 5.91 Å². The van der Waals surface area contributed by atoms with Gasteiger partial charge in [-0.25, -0.2) is 0 Å². The first-order chi connectivity index (χ1) is 10.6. The number of nitrogens with zero attached hydrogens (tertiary/aromatic N) is 1. The Labute approximate surface area is 141 Å². The van der Waals surface area contributed by atoms with Crippen molar-refractivity contribution in [3.05, 3.63) is 30.3 Å². The summed E-state index contributed by atoms with van der Waals surface area (Å²) in [7, 11) is 0. The van der Waals surface area contributed by atoms with Crippen LogP contribution >= 0.6 is 11.8 Å². The van der Waals surface area contributed by atoms with Crippen molar-refractivity contribution in [2.24, 2.45) is 11.3 Å². The van der Waals surface area contributed by atoms with Crippen LogP contribution in [0.2, 0.25) is 0 Å². The third kappa shape index (κ3) is 6.06. The lowest BCUT2D eigenvalue weighted by Crippen LogP contribution is -2.40. The molecule has 0 spiro atoms. The number of hydrogen-bond acceptors (Lipinski definition) is 4. The Bertz CT molecular complexity index is 566. The second kappa shape index (κ2) is 8.15. The maximum Gasteiger partial charge on any atom is 0.323 e. The van der Waals surface area contributed by atoms with Crippen LogP contribution in [0.25, 0.3) is 0 Å². The number of carboxylic acids is 1. The minimum Gasteiger partial charge on any atom is -0.480 e. The highest BCUT2D eigenvalue weighted by molar-refractivity contribution is 8.13. The van der Waals surface area contributed by atoms with Crippen molar-refractivity contribution >= 4 is 34.4 Å². The van der Waals surface area contributed by atoms with E-state index in [-0.39, 0.29) is 11.0 Å². The van der Waals surface area contributed by atoms with Crippen molar-refractivity contribution in [1.29, 1.82) is 0 Å². The molecule has 5 nitrogen and oxygen atoms in total. The molecule has 6 heteroatoms. The van der Waals surface area contributed by atoms with Gasteiger partial charge in [-0.1, -0.05) is 57.7 Å². The van der Waals surface area contributed by atoms with Gasteiger partial charge < -0.3 is 10.0 Å². The van der Waals surface area contributed by atoms with Gasteiger partial charge in [0.1, 0.15) is 6.54 Å². The summed E-state index contributed by atoms with van der Waals surface area (Å²) in [6.45, 7) is 6.80. The molecule has 23 heavy (non-hydrogen) atoms. The average Bonchev–Trinajstić information content (AvgIpc) is 2.48. The lowest BCUT2D eigenvalue weighted by Gasteiger charge is -2.24. The summed E-state index contributed by atoms with van der Waals surface area (Å²) in [4.78, 5) is 36.8. The Morgan fingerprint density at radius 1 is 1.17 bits per heavy atom. The van der Waals surface area contributed by atoms with Crippen LogP contribution < -0.4 is 4.90 Å². The van der Waals surface area contributed by atoms with Crippen molar-refractivity contribution in [3.63, 3.8) is 0 Å². The topological polar surface area (TPSA) is 74.7 Å². The number of thioether (sulfide) groups is 1. The lowest BCUT2D eigenvalue weighted by atomic mass is 10.00. The van der Waals surface area contributed by atoms with E-state index in [2.05, 4.69) is 0 Å². The summed E-state index contributed by atoms with van der Waals surface area (Å²) in [6.07, 6.45) is 0. The fraction of sp³-hybridized carbons (Fsp3) is 0.471. The van der Waals surface area contributed by atoms with Gasteiger partial charge in [0.05, 0.1) is 0 Å². The Morgan fingerprint density at radius 3 is 2.22 bits per heavy atom. The second-order valence-electron chi connectivity index (χ2n) is 6.40. The number of carbonyl (C=O) groups excluding carboxylic acids is 2. The SMILES string of the molecule is CC(CSC(=O)C(C)(C)C)C(=O)N(CC(=O)O)c1ccccc1. The van der Waals surface area contributed by atoms with Crippen LogP contribution in [0.4, 0.5) is 5.69 Å². The number of aliphatic carboxylic acids is 1. The largest absolute Gasteiger partial charge is 0.480 e. The number of benzene rings is 1. The van der Waals surface area contributed by atoms with Gasteiger partial charge in [-0.3, -0.25) is 14.4 Å². The zero-order chi connectivity index (χ0) is 17.6. The average molecular weight is 337 g/mol. The highest BCUT2D eigenvalue weighted by atomic mass is 32.2. The van der Waals surface area contributed by atoms with Crippen molar-refractivity contribution in [1.82, 2.24) is 0 Å². The molecule has 1 amide bonds. The lowest BCUT2D eigenvalue weighted by molar-refractivity contribution is -0.137. The van der Waals surface area contributed by atoms with Gasteiger partial charge in [0.15, 0.2) is 5.12 Å². The molecule has 0 aliphatic carbocycles. The standard InChI is InChI=1S/C17H23NO4S/c1-12(11-23-16(22)17(2,3)4)15(21)18(10-14(19)20)13-8-6-5-7-9-13/h5-9,12H,10-11H2,1-4H3,(H,19,20). The maximum absolute atomic E-state index is 12.6. The van der Waals surface area contributed by atoms with E-state index in [0.717, 1.165) is 11.8 Å². The van der Waals surface area contributed by atoms with Gasteiger partial charge in [0, 0.05) is 22.8 Å².